The molecule has 0 bridgehead atoms. The lowest BCUT2D eigenvalue weighted by atomic mass is 10.00. The number of aliphatic hydroxyl groups is 2. The molecule has 41 heavy (non-hydrogen) atoms. The molecule has 1 unspecified atom stereocenters. The van der Waals surface area contributed by atoms with Crippen molar-refractivity contribution < 1.29 is 29.3 Å². The molecule has 0 aromatic heterocycles. The first-order valence-electron chi connectivity index (χ1n) is 15.0. The van der Waals surface area contributed by atoms with Gasteiger partial charge in [0.15, 0.2) is 0 Å². The van der Waals surface area contributed by atoms with Crippen LogP contribution in [0.3, 0.4) is 0 Å². The van der Waals surface area contributed by atoms with Gasteiger partial charge in [-0.05, 0) is 51.3 Å². The van der Waals surface area contributed by atoms with E-state index in [0.717, 1.165) is 19.3 Å². The van der Waals surface area contributed by atoms with E-state index >= 15 is 0 Å². The lowest BCUT2D eigenvalue weighted by molar-refractivity contribution is -0.142. The Balaban J connectivity index is 2.20. The van der Waals surface area contributed by atoms with Crippen molar-refractivity contribution in [2.75, 3.05) is 67.1 Å². The summed E-state index contributed by atoms with van der Waals surface area (Å²) in [5, 5.41) is 24.5. The normalized spacial score (nSPS) is 24.3. The molecule has 10 heteroatoms. The van der Waals surface area contributed by atoms with Crippen molar-refractivity contribution >= 4 is 11.8 Å². The summed E-state index contributed by atoms with van der Waals surface area (Å²) >= 11 is 0. The van der Waals surface area contributed by atoms with Gasteiger partial charge in [-0.1, -0.05) is 44.2 Å². The average Bonchev–Trinajstić information content (AvgIpc) is 2.92. The molecule has 1 saturated heterocycles. The third-order valence-electron chi connectivity index (χ3n) is 7.79. The van der Waals surface area contributed by atoms with Crippen molar-refractivity contribution in [3.05, 3.63) is 35.9 Å². The molecular weight excluding hydrogens is 524 g/mol. The van der Waals surface area contributed by atoms with Crippen LogP contribution in [-0.4, -0.2) is 134 Å². The first-order valence-corrected chi connectivity index (χ1v) is 15.0. The van der Waals surface area contributed by atoms with Gasteiger partial charge in [-0.3, -0.25) is 9.59 Å². The minimum absolute atomic E-state index is 0.00290. The van der Waals surface area contributed by atoms with Crippen LogP contribution < -0.4 is 5.32 Å². The highest BCUT2D eigenvalue weighted by Gasteiger charge is 2.32. The minimum atomic E-state index is -1.21. The SMILES string of the molecule is CO[C@@H]1CN(C(C)=O)C[C@H](CC(C)C)N(C(=O)CNCC(Cc2ccccc2)N(C)C)CCCCOC[C@@H](O)[C@H]1O. The maximum atomic E-state index is 13.7. The Labute approximate surface area is 247 Å². The van der Waals surface area contributed by atoms with Gasteiger partial charge in [-0.2, -0.15) is 0 Å². The number of nitrogens with one attached hydrogen (secondary N) is 1. The van der Waals surface area contributed by atoms with E-state index in [0.29, 0.717) is 38.6 Å². The second kappa shape index (κ2) is 18.5. The van der Waals surface area contributed by atoms with E-state index in [4.69, 9.17) is 9.47 Å². The number of aliphatic hydroxyl groups excluding tert-OH is 2. The summed E-state index contributed by atoms with van der Waals surface area (Å²) in [7, 11) is 5.56. The molecule has 0 spiro atoms. The molecule has 0 radical (unpaired) electrons. The molecule has 234 valence electrons. The number of likely N-dealkylation sites (N-methyl/N-ethyl adjacent to an activating group) is 1. The first-order chi connectivity index (χ1) is 19.5. The molecule has 3 N–H and O–H groups in total. The van der Waals surface area contributed by atoms with Crippen LogP contribution in [0, 0.1) is 5.92 Å². The molecule has 5 atom stereocenters. The van der Waals surface area contributed by atoms with Crippen molar-refractivity contribution in [3.63, 3.8) is 0 Å². The number of carbonyl (C=O) groups is 2. The average molecular weight is 579 g/mol. The fourth-order valence-electron chi connectivity index (χ4n) is 5.29. The summed E-state index contributed by atoms with van der Waals surface area (Å²) in [5.41, 5.74) is 1.25. The van der Waals surface area contributed by atoms with E-state index in [1.54, 1.807) is 4.90 Å². The molecule has 10 nitrogen and oxygen atoms in total. The second-order valence-electron chi connectivity index (χ2n) is 11.8. The molecular formula is C31H54N4O6. The molecule has 1 aromatic carbocycles. The standard InChI is InChI=1S/C31H54N4O6/c1-23(2)16-27-20-34(24(3)36)21-29(40-6)31(39)28(37)22-41-15-11-10-14-35(27)30(38)19-32-18-26(33(4)5)17-25-12-8-7-9-13-25/h7-9,12-13,23,26-29,31-32,37,39H,10-11,14-22H2,1-6H3/t26?,27-,28+,29+,31+/m0/s1. The first kappa shape index (κ1) is 35.1. The summed E-state index contributed by atoms with van der Waals surface area (Å²) in [6, 6.07) is 10.4. The summed E-state index contributed by atoms with van der Waals surface area (Å²) in [5.74, 6) is 0.128. The van der Waals surface area contributed by atoms with Crippen LogP contribution in [0.15, 0.2) is 30.3 Å². The van der Waals surface area contributed by atoms with Crippen LogP contribution in [0.4, 0.5) is 0 Å². The van der Waals surface area contributed by atoms with E-state index in [-0.39, 0.29) is 43.6 Å². The number of carbonyl (C=O) groups excluding carboxylic acids is 2. The third-order valence-corrected chi connectivity index (χ3v) is 7.79. The summed E-state index contributed by atoms with van der Waals surface area (Å²) in [4.78, 5) is 32.2. The van der Waals surface area contributed by atoms with Gasteiger partial charge < -0.3 is 39.7 Å². The van der Waals surface area contributed by atoms with E-state index in [1.165, 1.54) is 19.6 Å². The Morgan fingerprint density at radius 1 is 1.15 bits per heavy atom. The topological polar surface area (TPSA) is 115 Å². The van der Waals surface area contributed by atoms with E-state index in [9.17, 15) is 19.8 Å². The lowest BCUT2D eigenvalue weighted by Crippen LogP contribution is -2.54. The van der Waals surface area contributed by atoms with Crippen molar-refractivity contribution in [3.8, 4) is 0 Å². The van der Waals surface area contributed by atoms with Crippen molar-refractivity contribution in [1.29, 1.82) is 0 Å². The molecule has 1 aromatic rings. The summed E-state index contributed by atoms with van der Waals surface area (Å²) in [6.45, 7) is 7.94. The lowest BCUT2D eigenvalue weighted by Gasteiger charge is -2.38. The highest BCUT2D eigenvalue weighted by atomic mass is 16.5. The van der Waals surface area contributed by atoms with Gasteiger partial charge in [-0.15, -0.1) is 0 Å². The maximum absolute atomic E-state index is 13.7. The number of hydrogen-bond donors (Lipinski definition) is 3. The van der Waals surface area contributed by atoms with Crippen LogP contribution in [0.5, 0.6) is 0 Å². The monoisotopic (exact) mass is 578 g/mol. The van der Waals surface area contributed by atoms with Crippen LogP contribution in [-0.2, 0) is 25.5 Å². The Morgan fingerprint density at radius 2 is 1.85 bits per heavy atom. The van der Waals surface area contributed by atoms with Crippen LogP contribution in [0.1, 0.15) is 45.6 Å². The zero-order chi connectivity index (χ0) is 30.4. The molecule has 1 aliphatic rings. The molecule has 0 aliphatic carbocycles. The van der Waals surface area contributed by atoms with Gasteiger partial charge in [0.2, 0.25) is 11.8 Å². The zero-order valence-corrected chi connectivity index (χ0v) is 26.0. The molecule has 1 aliphatic heterocycles. The second-order valence-corrected chi connectivity index (χ2v) is 11.8. The number of benzene rings is 1. The highest BCUT2D eigenvalue weighted by molar-refractivity contribution is 5.79. The van der Waals surface area contributed by atoms with Gasteiger partial charge in [-0.25, -0.2) is 0 Å². The van der Waals surface area contributed by atoms with Gasteiger partial charge in [0.25, 0.3) is 0 Å². The van der Waals surface area contributed by atoms with Crippen molar-refractivity contribution in [2.45, 2.75) is 76.9 Å². The van der Waals surface area contributed by atoms with E-state index in [1.807, 2.05) is 23.1 Å². The number of rotatable bonds is 10. The molecule has 1 heterocycles. The largest absolute Gasteiger partial charge is 0.388 e. The molecule has 2 amide bonds. The number of amides is 2. The zero-order valence-electron chi connectivity index (χ0n) is 26.0. The number of ether oxygens (including phenoxy) is 2. The Kier molecular flexibility index (Phi) is 15.8. The van der Waals surface area contributed by atoms with Gasteiger partial charge in [0.1, 0.15) is 18.3 Å². The number of nitrogens with zero attached hydrogens (tertiary/aromatic N) is 3. The number of hydrogen-bond acceptors (Lipinski definition) is 8. The number of methoxy groups -OCH3 is 1. The summed E-state index contributed by atoms with van der Waals surface area (Å²) < 4.78 is 11.1. The predicted molar refractivity (Wildman–Crippen MR) is 161 cm³/mol. The van der Waals surface area contributed by atoms with Crippen LogP contribution in [0.25, 0.3) is 0 Å². The Hall–Kier alpha value is -2.08. The van der Waals surface area contributed by atoms with Gasteiger partial charge in [0, 0.05) is 58.9 Å². The van der Waals surface area contributed by atoms with Gasteiger partial charge >= 0.3 is 0 Å². The fraction of sp³-hybridized carbons (Fsp3) is 0.742. The third kappa shape index (κ3) is 12.4. The van der Waals surface area contributed by atoms with Crippen molar-refractivity contribution in [2.24, 2.45) is 5.92 Å². The summed E-state index contributed by atoms with van der Waals surface area (Å²) in [6.07, 6.45) is -0.0893. The maximum Gasteiger partial charge on any atom is 0.236 e. The van der Waals surface area contributed by atoms with Crippen molar-refractivity contribution in [1.82, 2.24) is 20.0 Å². The smallest absolute Gasteiger partial charge is 0.236 e. The molecule has 0 saturated carbocycles. The molecule has 1 fully saturated rings. The Bertz CT molecular complexity index is 887. The fourth-order valence-corrected chi connectivity index (χ4v) is 5.29. The van der Waals surface area contributed by atoms with Gasteiger partial charge in [0.05, 0.1) is 13.2 Å². The Morgan fingerprint density at radius 3 is 2.46 bits per heavy atom. The van der Waals surface area contributed by atoms with E-state index < -0.39 is 18.3 Å². The predicted octanol–water partition coefficient (Wildman–Crippen LogP) is 1.39. The minimum Gasteiger partial charge on any atom is -0.388 e. The quantitative estimate of drug-likeness (QED) is 0.382. The van der Waals surface area contributed by atoms with E-state index in [2.05, 4.69) is 50.3 Å². The molecule has 2 rings (SSSR count). The van der Waals surface area contributed by atoms with Crippen LogP contribution >= 0.6 is 0 Å². The highest BCUT2D eigenvalue weighted by Crippen LogP contribution is 2.18. The van der Waals surface area contributed by atoms with Crippen LogP contribution in [0.2, 0.25) is 0 Å².